The van der Waals surface area contributed by atoms with Crippen LogP contribution >= 0.6 is 0 Å². The number of carbonyl (C=O) groups is 1. The molecule has 174 valence electrons. The van der Waals surface area contributed by atoms with Gasteiger partial charge in [-0.15, -0.1) is 17.1 Å². The molecule has 3 aromatic rings. The molecular formula is C27H30BN2O2Pt-. The summed E-state index contributed by atoms with van der Waals surface area (Å²) in [6.45, 7) is 12.2. The Balaban J connectivity index is 0.000000423. The number of allylic oxidation sites excluding steroid dienone is 2. The Kier molecular flexibility index (Phi) is 9.37. The van der Waals surface area contributed by atoms with Gasteiger partial charge in [0.05, 0.1) is 5.76 Å². The van der Waals surface area contributed by atoms with E-state index in [-0.39, 0.29) is 39.3 Å². The molecule has 0 unspecified atom stereocenters. The molecule has 4 nitrogen and oxygen atoms in total. The Hall–Kier alpha value is -2.52. The van der Waals surface area contributed by atoms with Crippen molar-refractivity contribution in [2.24, 2.45) is 0 Å². The van der Waals surface area contributed by atoms with E-state index in [1.54, 1.807) is 0 Å². The third-order valence-corrected chi connectivity index (χ3v) is 5.61. The van der Waals surface area contributed by atoms with E-state index in [0.29, 0.717) is 11.8 Å². The topological polar surface area (TPSA) is 63.1 Å². The van der Waals surface area contributed by atoms with Crippen LogP contribution in [0.1, 0.15) is 64.5 Å². The number of fused-ring (bicyclic) bond motifs is 3. The molecule has 0 radical (unpaired) electrons. The molecule has 2 aromatic heterocycles. The fourth-order valence-electron chi connectivity index (χ4n) is 4.37. The molecule has 0 atom stereocenters. The van der Waals surface area contributed by atoms with Crippen molar-refractivity contribution < 1.29 is 31.0 Å². The van der Waals surface area contributed by atoms with Crippen molar-refractivity contribution in [3.63, 3.8) is 0 Å². The predicted octanol–water partition coefficient (Wildman–Crippen LogP) is 4.05. The number of benzene rings is 1. The Morgan fingerprint density at radius 3 is 2.12 bits per heavy atom. The monoisotopic (exact) mass is 620 g/mol. The standard InChI is InChI=1S/C22H22BN2.C5H8O2.Pt/c1-14(2)16-7-5-8-17(15(3)4)21(16)23-19-10-12-24-13-18(19)22-20(23)9-6-11-25-22;1-4(6)3-5(2)7;/h5-12,14-15H,1-4H3;3,6H,1-2H3;/q-1;;/b;4-3-;. The normalized spacial score (nSPS) is 12.0. The van der Waals surface area contributed by atoms with Crippen LogP contribution in [0.25, 0.3) is 11.3 Å². The third-order valence-electron chi connectivity index (χ3n) is 5.61. The Morgan fingerprint density at radius 1 is 0.970 bits per heavy atom. The Morgan fingerprint density at radius 2 is 1.61 bits per heavy atom. The maximum Gasteiger partial charge on any atom is 0.182 e. The van der Waals surface area contributed by atoms with Crippen LogP contribution in [-0.2, 0) is 25.9 Å². The smallest absolute Gasteiger partial charge is 0.182 e. The van der Waals surface area contributed by atoms with Crippen LogP contribution in [0, 0.1) is 6.20 Å². The quantitative estimate of drug-likeness (QED) is 0.162. The first-order valence-corrected chi connectivity index (χ1v) is 11.0. The second-order valence-corrected chi connectivity index (χ2v) is 8.82. The van der Waals surface area contributed by atoms with E-state index in [1.165, 1.54) is 47.4 Å². The predicted molar refractivity (Wildman–Crippen MR) is 133 cm³/mol. The largest absolute Gasteiger partial charge is 0.512 e. The summed E-state index contributed by atoms with van der Waals surface area (Å²) in [5, 5.41) is 8.36. The van der Waals surface area contributed by atoms with Crippen LogP contribution in [0.4, 0.5) is 0 Å². The number of carbonyl (C=O) groups excluding carboxylic acids is 1. The van der Waals surface area contributed by atoms with E-state index in [2.05, 4.69) is 74.2 Å². The van der Waals surface area contributed by atoms with E-state index in [9.17, 15) is 4.79 Å². The van der Waals surface area contributed by atoms with Crippen LogP contribution < -0.4 is 16.4 Å². The molecule has 0 saturated heterocycles. The van der Waals surface area contributed by atoms with Gasteiger partial charge in [-0.1, -0.05) is 80.2 Å². The molecule has 0 fully saturated rings. The van der Waals surface area contributed by atoms with Gasteiger partial charge in [0, 0.05) is 33.3 Å². The van der Waals surface area contributed by atoms with E-state index in [4.69, 9.17) is 5.11 Å². The number of ketones is 1. The number of rotatable bonds is 4. The van der Waals surface area contributed by atoms with Gasteiger partial charge in [0.15, 0.2) is 12.5 Å². The maximum absolute atomic E-state index is 10.0. The zero-order valence-corrected chi connectivity index (χ0v) is 22.3. The fraction of sp³-hybridized carbons (Fsp3) is 0.296. The van der Waals surface area contributed by atoms with Gasteiger partial charge in [0.1, 0.15) is 0 Å². The molecular weight excluding hydrogens is 590 g/mol. The van der Waals surface area contributed by atoms with E-state index < -0.39 is 0 Å². The first-order chi connectivity index (χ1) is 15.2. The van der Waals surface area contributed by atoms with Gasteiger partial charge in [-0.05, 0) is 43.6 Å². The molecule has 0 bridgehead atoms. The minimum Gasteiger partial charge on any atom is -0.512 e. The van der Waals surface area contributed by atoms with E-state index >= 15 is 0 Å². The molecule has 3 heterocycles. The van der Waals surface area contributed by atoms with Crippen molar-refractivity contribution in [2.75, 3.05) is 0 Å². The van der Waals surface area contributed by atoms with Crippen molar-refractivity contribution in [1.82, 2.24) is 9.97 Å². The molecule has 33 heavy (non-hydrogen) atoms. The van der Waals surface area contributed by atoms with Crippen molar-refractivity contribution >= 4 is 28.9 Å². The average Bonchev–Trinajstić information content (AvgIpc) is 3.07. The maximum atomic E-state index is 10.0. The first-order valence-electron chi connectivity index (χ1n) is 11.0. The number of pyridine rings is 2. The fourth-order valence-corrected chi connectivity index (χ4v) is 4.37. The van der Waals surface area contributed by atoms with Gasteiger partial charge in [0.2, 0.25) is 0 Å². The molecule has 1 aliphatic rings. The average molecular weight is 620 g/mol. The Labute approximate surface area is 211 Å². The molecule has 4 rings (SSSR count). The minimum absolute atomic E-state index is 0. The molecule has 1 N–H and O–H groups in total. The summed E-state index contributed by atoms with van der Waals surface area (Å²) in [6, 6.07) is 13.2. The second kappa shape index (κ2) is 11.6. The first kappa shape index (κ1) is 26.7. The SMILES string of the molecule is CC(=O)/C=C(/C)O.CC(C)c1cccc(C(C)C)c1B1c2ccn[c-]c2-c2ncccc21.[Pt]. The molecule has 0 spiro atoms. The van der Waals surface area contributed by atoms with Gasteiger partial charge in [-0.3, -0.25) is 4.79 Å². The molecule has 0 saturated carbocycles. The van der Waals surface area contributed by atoms with Crippen molar-refractivity contribution in [1.29, 1.82) is 0 Å². The number of hydrogen-bond donors (Lipinski definition) is 1. The molecule has 1 aromatic carbocycles. The van der Waals surface area contributed by atoms with Gasteiger partial charge in [0.25, 0.3) is 0 Å². The zero-order valence-electron chi connectivity index (χ0n) is 20.0. The van der Waals surface area contributed by atoms with Crippen LogP contribution in [0.2, 0.25) is 0 Å². The van der Waals surface area contributed by atoms with Gasteiger partial charge in [-0.2, -0.15) is 0 Å². The summed E-state index contributed by atoms with van der Waals surface area (Å²) < 4.78 is 0. The third kappa shape index (κ3) is 5.89. The number of aliphatic hydroxyl groups is 1. The van der Waals surface area contributed by atoms with Crippen LogP contribution in [0.5, 0.6) is 0 Å². The Bertz CT molecular complexity index is 1080. The van der Waals surface area contributed by atoms with Gasteiger partial charge in [-0.25, -0.2) is 0 Å². The van der Waals surface area contributed by atoms with Gasteiger partial charge < -0.3 is 15.1 Å². The molecule has 0 amide bonds. The second-order valence-electron chi connectivity index (χ2n) is 8.82. The van der Waals surface area contributed by atoms with Gasteiger partial charge >= 0.3 is 0 Å². The van der Waals surface area contributed by atoms with E-state index in [0.717, 1.165) is 11.3 Å². The summed E-state index contributed by atoms with van der Waals surface area (Å²) in [5.41, 5.74) is 8.93. The number of nitrogens with zero attached hydrogens (tertiary/aromatic N) is 2. The summed E-state index contributed by atoms with van der Waals surface area (Å²) in [6.07, 6.45) is 8.07. The van der Waals surface area contributed by atoms with Crippen molar-refractivity contribution in [3.8, 4) is 11.3 Å². The summed E-state index contributed by atoms with van der Waals surface area (Å²) in [5.74, 6) is 0.889. The summed E-state index contributed by atoms with van der Waals surface area (Å²) >= 11 is 0. The molecule has 1 aliphatic heterocycles. The summed E-state index contributed by atoms with van der Waals surface area (Å²) in [7, 11) is 0. The number of aliphatic hydroxyl groups excluding tert-OH is 1. The summed E-state index contributed by atoms with van der Waals surface area (Å²) in [4.78, 5) is 18.9. The van der Waals surface area contributed by atoms with Crippen LogP contribution in [-0.4, -0.2) is 27.6 Å². The minimum atomic E-state index is -0.125. The number of aromatic nitrogens is 2. The van der Waals surface area contributed by atoms with Crippen molar-refractivity contribution in [3.05, 3.63) is 78.0 Å². The van der Waals surface area contributed by atoms with Crippen LogP contribution in [0.15, 0.2) is 60.6 Å². The van der Waals surface area contributed by atoms with Crippen LogP contribution in [0.3, 0.4) is 0 Å². The molecule has 0 aliphatic carbocycles. The van der Waals surface area contributed by atoms with Crippen molar-refractivity contribution in [2.45, 2.75) is 53.4 Å². The number of hydrogen-bond acceptors (Lipinski definition) is 4. The molecule has 6 heteroatoms. The van der Waals surface area contributed by atoms with E-state index in [1.807, 2.05) is 18.5 Å². The zero-order chi connectivity index (χ0) is 23.4.